The van der Waals surface area contributed by atoms with Gasteiger partial charge in [0.1, 0.15) is 0 Å². The molecule has 0 unspecified atom stereocenters. The fraction of sp³-hybridized carbons (Fsp3) is 0.550. The minimum atomic E-state index is -3.28. The molecule has 2 aliphatic rings. The second kappa shape index (κ2) is 7.37. The first kappa shape index (κ1) is 20.0. The maximum Gasteiger partial charge on any atom is 0.223 e. The largest absolute Gasteiger partial charge is 0.394 e. The highest BCUT2D eigenvalue weighted by Crippen LogP contribution is 2.54. The number of aliphatic hydroxyl groups excluding tert-OH is 1. The molecule has 148 valence electrons. The molecular formula is C20H28N2O4S. The minimum Gasteiger partial charge on any atom is -0.394 e. The molecule has 1 aromatic carbocycles. The molecule has 0 saturated carbocycles. The number of hydrogen-bond acceptors (Lipinski definition) is 4. The summed E-state index contributed by atoms with van der Waals surface area (Å²) < 4.78 is 25.9. The van der Waals surface area contributed by atoms with E-state index in [0.717, 1.165) is 11.1 Å². The summed E-state index contributed by atoms with van der Waals surface area (Å²) in [6.45, 7) is 5.85. The number of allylic oxidation sites excluding steroid dienone is 1. The Kier molecular flexibility index (Phi) is 5.47. The lowest BCUT2D eigenvalue weighted by Gasteiger charge is -2.70. The van der Waals surface area contributed by atoms with E-state index < -0.39 is 15.6 Å². The van der Waals surface area contributed by atoms with Crippen LogP contribution in [0.5, 0.6) is 0 Å². The monoisotopic (exact) mass is 392 g/mol. The molecule has 1 spiro atoms. The molecule has 7 heteroatoms. The summed E-state index contributed by atoms with van der Waals surface area (Å²) in [4.78, 5) is 14.3. The summed E-state index contributed by atoms with van der Waals surface area (Å²) in [6.07, 6.45) is 4.32. The summed E-state index contributed by atoms with van der Waals surface area (Å²) >= 11 is 0. The Morgan fingerprint density at radius 1 is 1.26 bits per heavy atom. The molecule has 2 aliphatic heterocycles. The van der Waals surface area contributed by atoms with E-state index in [2.05, 4.69) is 0 Å². The Balaban J connectivity index is 1.94. The zero-order valence-electron chi connectivity index (χ0n) is 16.1. The number of hydrogen-bond donors (Lipinski definition) is 1. The number of carbonyl (C=O) groups is 1. The van der Waals surface area contributed by atoms with Crippen molar-refractivity contribution >= 4 is 22.0 Å². The van der Waals surface area contributed by atoms with Crippen LogP contribution >= 0.6 is 0 Å². The molecule has 1 N–H and O–H groups in total. The van der Waals surface area contributed by atoms with Gasteiger partial charge >= 0.3 is 0 Å². The van der Waals surface area contributed by atoms with Crippen LogP contribution in [0.4, 0.5) is 0 Å². The molecule has 0 aromatic heterocycles. The first-order valence-corrected chi connectivity index (χ1v) is 11.1. The lowest BCUT2D eigenvalue weighted by Crippen LogP contribution is -2.85. The van der Waals surface area contributed by atoms with Gasteiger partial charge < -0.3 is 10.0 Å². The van der Waals surface area contributed by atoms with Crippen molar-refractivity contribution in [3.05, 3.63) is 41.5 Å². The number of sulfonamides is 1. The van der Waals surface area contributed by atoms with Crippen LogP contribution in [0.1, 0.15) is 44.2 Å². The van der Waals surface area contributed by atoms with E-state index in [0.29, 0.717) is 19.5 Å². The smallest absolute Gasteiger partial charge is 0.223 e. The predicted octanol–water partition coefficient (Wildman–Crippen LogP) is 1.82. The normalized spacial score (nSPS) is 24.8. The molecule has 0 bridgehead atoms. The van der Waals surface area contributed by atoms with Gasteiger partial charge in [-0.2, -0.15) is 4.31 Å². The summed E-state index contributed by atoms with van der Waals surface area (Å²) in [7, 11) is -3.28. The zero-order valence-corrected chi connectivity index (χ0v) is 16.9. The third-order valence-electron chi connectivity index (χ3n) is 5.85. The number of amides is 1. The van der Waals surface area contributed by atoms with Crippen molar-refractivity contribution in [2.75, 3.05) is 25.4 Å². The van der Waals surface area contributed by atoms with Crippen LogP contribution in [0.25, 0.3) is 6.08 Å². The van der Waals surface area contributed by atoms with Gasteiger partial charge in [-0.25, -0.2) is 8.42 Å². The van der Waals surface area contributed by atoms with Crippen molar-refractivity contribution in [3.8, 4) is 0 Å². The molecule has 1 amide bonds. The van der Waals surface area contributed by atoms with Gasteiger partial charge in [0.05, 0.1) is 23.9 Å². The van der Waals surface area contributed by atoms with Gasteiger partial charge in [-0.05, 0) is 25.0 Å². The van der Waals surface area contributed by atoms with E-state index in [1.54, 1.807) is 18.7 Å². The van der Waals surface area contributed by atoms with Crippen LogP contribution in [-0.4, -0.2) is 65.7 Å². The van der Waals surface area contributed by atoms with Gasteiger partial charge in [0.25, 0.3) is 0 Å². The van der Waals surface area contributed by atoms with E-state index in [-0.39, 0.29) is 30.2 Å². The van der Waals surface area contributed by atoms with Crippen LogP contribution in [0, 0.1) is 0 Å². The molecule has 0 aliphatic carbocycles. The number of nitrogens with zero attached hydrogens (tertiary/aromatic N) is 2. The maximum absolute atomic E-state index is 12.6. The van der Waals surface area contributed by atoms with E-state index in [4.69, 9.17) is 0 Å². The highest BCUT2D eigenvalue weighted by molar-refractivity contribution is 7.89. The topological polar surface area (TPSA) is 77.9 Å². The second-order valence-electron chi connectivity index (χ2n) is 7.28. The van der Waals surface area contributed by atoms with E-state index in [9.17, 15) is 18.3 Å². The fourth-order valence-electron chi connectivity index (χ4n) is 4.53. The summed E-state index contributed by atoms with van der Waals surface area (Å²) in [5.41, 5.74) is 1.57. The first-order chi connectivity index (χ1) is 12.8. The van der Waals surface area contributed by atoms with Gasteiger partial charge in [-0.3, -0.25) is 4.79 Å². The van der Waals surface area contributed by atoms with Crippen LogP contribution in [0.2, 0.25) is 0 Å². The molecule has 2 saturated heterocycles. The molecule has 3 rings (SSSR count). The quantitative estimate of drug-likeness (QED) is 0.801. The summed E-state index contributed by atoms with van der Waals surface area (Å²) in [5, 5.41) is 9.96. The van der Waals surface area contributed by atoms with E-state index >= 15 is 0 Å². The van der Waals surface area contributed by atoms with Crippen LogP contribution in [0.15, 0.2) is 30.3 Å². The predicted molar refractivity (Wildman–Crippen MR) is 106 cm³/mol. The van der Waals surface area contributed by atoms with Crippen molar-refractivity contribution < 1.29 is 18.3 Å². The number of carbonyl (C=O) groups excluding carboxylic acids is 1. The summed E-state index contributed by atoms with van der Waals surface area (Å²) in [6, 6.07) is 7.77. The van der Waals surface area contributed by atoms with Crippen LogP contribution in [-0.2, 0) is 14.8 Å². The Morgan fingerprint density at radius 2 is 1.89 bits per heavy atom. The third kappa shape index (κ3) is 3.11. The standard InChI is InChI=1S/C20H28N2O4S/c1-4-7-15-8-10-16(11-9-15)19-17(12-23)22(18(24)5-2)20(19)13-21(14-20)27(25,26)6-3/h4,7-11,17,19,23H,5-6,12-14H2,1-3H3/b7-4+/t17-,19+/m1/s1. The Labute approximate surface area is 161 Å². The first-order valence-electron chi connectivity index (χ1n) is 9.48. The van der Waals surface area contributed by atoms with Gasteiger partial charge in [0.15, 0.2) is 0 Å². The molecule has 6 nitrogen and oxygen atoms in total. The van der Waals surface area contributed by atoms with E-state index in [1.165, 1.54) is 4.31 Å². The Bertz CT molecular complexity index is 826. The van der Waals surface area contributed by atoms with Gasteiger partial charge in [0.2, 0.25) is 15.9 Å². The minimum absolute atomic E-state index is 0.0376. The van der Waals surface area contributed by atoms with Crippen molar-refractivity contribution in [1.29, 1.82) is 0 Å². The van der Waals surface area contributed by atoms with E-state index in [1.807, 2.05) is 43.3 Å². The highest BCUT2D eigenvalue weighted by atomic mass is 32.2. The van der Waals surface area contributed by atoms with Crippen molar-refractivity contribution in [2.45, 2.75) is 44.7 Å². The Hall–Kier alpha value is -1.70. The molecule has 2 fully saturated rings. The second-order valence-corrected chi connectivity index (χ2v) is 9.54. The number of benzene rings is 1. The fourth-order valence-corrected chi connectivity index (χ4v) is 5.73. The van der Waals surface area contributed by atoms with Gasteiger partial charge in [-0.1, -0.05) is 43.3 Å². The number of rotatable bonds is 6. The summed E-state index contributed by atoms with van der Waals surface area (Å²) in [5.74, 6) is -0.0536. The van der Waals surface area contributed by atoms with Gasteiger partial charge in [-0.15, -0.1) is 0 Å². The molecule has 2 atom stereocenters. The molecule has 2 heterocycles. The molecule has 0 radical (unpaired) electrons. The molecular weight excluding hydrogens is 364 g/mol. The van der Waals surface area contributed by atoms with Crippen molar-refractivity contribution in [2.24, 2.45) is 0 Å². The van der Waals surface area contributed by atoms with Crippen molar-refractivity contribution in [3.63, 3.8) is 0 Å². The molecule has 27 heavy (non-hydrogen) atoms. The third-order valence-corrected chi connectivity index (χ3v) is 7.62. The van der Waals surface area contributed by atoms with Crippen LogP contribution < -0.4 is 0 Å². The zero-order chi connectivity index (χ0) is 19.8. The van der Waals surface area contributed by atoms with Gasteiger partial charge in [0, 0.05) is 25.4 Å². The highest BCUT2D eigenvalue weighted by Gasteiger charge is 2.68. The van der Waals surface area contributed by atoms with Crippen molar-refractivity contribution in [1.82, 2.24) is 9.21 Å². The average molecular weight is 393 g/mol. The average Bonchev–Trinajstić information content (AvgIpc) is 2.61. The lowest BCUT2D eigenvalue weighted by molar-refractivity contribution is -0.188. The molecule has 1 aromatic rings. The lowest BCUT2D eigenvalue weighted by atomic mass is 9.61. The number of likely N-dealkylation sites (tertiary alicyclic amines) is 1. The number of aliphatic hydroxyl groups is 1. The Morgan fingerprint density at radius 3 is 2.37 bits per heavy atom. The SMILES string of the molecule is C/C=C/c1ccc([C@H]2[C@@H](CO)N(C(=O)CC)C23CN(S(=O)(=O)CC)C3)cc1. The van der Waals surface area contributed by atoms with Crippen LogP contribution in [0.3, 0.4) is 0 Å². The maximum atomic E-state index is 12.6.